The zero-order valence-electron chi connectivity index (χ0n) is 20.4. The van der Waals surface area contributed by atoms with Crippen LogP contribution in [-0.2, 0) is 6.42 Å². The Kier molecular flexibility index (Phi) is 7.37. The fourth-order valence-electron chi connectivity index (χ4n) is 4.55. The van der Waals surface area contributed by atoms with Crippen molar-refractivity contribution in [3.63, 3.8) is 0 Å². The molecule has 0 unspecified atom stereocenters. The number of hydrogen-bond donors (Lipinski definition) is 3. The molecule has 0 radical (unpaired) electrons. The second-order valence-electron chi connectivity index (χ2n) is 8.92. The van der Waals surface area contributed by atoms with E-state index in [0.717, 1.165) is 16.3 Å². The highest BCUT2D eigenvalue weighted by atomic mass is 32.1. The van der Waals surface area contributed by atoms with Gasteiger partial charge < -0.3 is 5.32 Å². The number of rotatable bonds is 7. The molecular formula is C29H25N5O3S. The van der Waals surface area contributed by atoms with E-state index in [1.165, 1.54) is 4.90 Å². The molecule has 1 aliphatic heterocycles. The first-order valence-corrected chi connectivity index (χ1v) is 12.6. The van der Waals surface area contributed by atoms with Gasteiger partial charge in [-0.3, -0.25) is 35.1 Å². The van der Waals surface area contributed by atoms with Crippen LogP contribution in [0.5, 0.6) is 0 Å². The Morgan fingerprint density at radius 2 is 1.50 bits per heavy atom. The van der Waals surface area contributed by atoms with Crippen molar-refractivity contribution in [1.29, 1.82) is 0 Å². The molecule has 5 rings (SSSR count). The average molecular weight is 524 g/mol. The first kappa shape index (κ1) is 25.0. The van der Waals surface area contributed by atoms with Gasteiger partial charge in [0.2, 0.25) is 0 Å². The average Bonchev–Trinajstić information content (AvgIpc) is 3.19. The number of nitrogens with one attached hydrogen (secondary N) is 3. The second-order valence-corrected chi connectivity index (χ2v) is 9.32. The molecule has 0 aliphatic carbocycles. The van der Waals surface area contributed by atoms with Crippen LogP contribution in [0.4, 0.5) is 0 Å². The number of pyridine rings is 1. The van der Waals surface area contributed by atoms with E-state index in [9.17, 15) is 14.4 Å². The molecule has 0 spiro atoms. The summed E-state index contributed by atoms with van der Waals surface area (Å²) in [7, 11) is 0. The molecule has 1 aliphatic rings. The third kappa shape index (κ3) is 5.37. The summed E-state index contributed by atoms with van der Waals surface area (Å²) < 4.78 is 0. The van der Waals surface area contributed by atoms with E-state index >= 15 is 0 Å². The third-order valence-electron chi connectivity index (χ3n) is 6.42. The van der Waals surface area contributed by atoms with E-state index in [4.69, 9.17) is 12.2 Å². The zero-order chi connectivity index (χ0) is 26.5. The van der Waals surface area contributed by atoms with Crippen molar-refractivity contribution in [3.05, 3.63) is 114 Å². The summed E-state index contributed by atoms with van der Waals surface area (Å²) in [6.45, 7) is 0.228. The molecule has 1 atom stereocenters. The molecule has 8 nitrogen and oxygen atoms in total. The molecule has 3 aromatic carbocycles. The number of thiocarbonyl (C=S) groups is 1. The lowest BCUT2D eigenvalue weighted by Crippen LogP contribution is -2.51. The van der Waals surface area contributed by atoms with E-state index < -0.39 is 5.91 Å². The molecule has 4 aromatic rings. The highest BCUT2D eigenvalue weighted by Crippen LogP contribution is 2.23. The summed E-state index contributed by atoms with van der Waals surface area (Å²) >= 11 is 5.46. The van der Waals surface area contributed by atoms with Crippen molar-refractivity contribution in [2.45, 2.75) is 18.9 Å². The number of hydrogen-bond acceptors (Lipinski definition) is 5. The van der Waals surface area contributed by atoms with Crippen molar-refractivity contribution in [1.82, 2.24) is 26.1 Å². The number of carbonyl (C=O) groups is 3. The summed E-state index contributed by atoms with van der Waals surface area (Å²) in [6, 6.07) is 25.8. The van der Waals surface area contributed by atoms with E-state index in [-0.39, 0.29) is 35.2 Å². The first-order valence-electron chi connectivity index (χ1n) is 12.2. The smallest absolute Gasteiger partial charge is 0.288 e. The van der Waals surface area contributed by atoms with Gasteiger partial charge in [0, 0.05) is 24.2 Å². The number of nitrogens with zero attached hydrogens (tertiary/aromatic N) is 2. The largest absolute Gasteiger partial charge is 0.358 e. The topological polar surface area (TPSA) is 103 Å². The molecule has 2 heterocycles. The Bertz CT molecular complexity index is 1480. The second kappa shape index (κ2) is 11.2. The lowest BCUT2D eigenvalue weighted by Gasteiger charge is -2.23. The number of benzene rings is 3. The minimum Gasteiger partial charge on any atom is -0.358 e. The Morgan fingerprint density at radius 1 is 0.842 bits per heavy atom. The molecule has 0 fully saturated rings. The van der Waals surface area contributed by atoms with Crippen molar-refractivity contribution >= 4 is 45.8 Å². The molecule has 9 heteroatoms. The Labute approximate surface area is 225 Å². The highest BCUT2D eigenvalue weighted by Gasteiger charge is 2.35. The van der Waals surface area contributed by atoms with Crippen LogP contribution in [-0.4, -0.2) is 45.3 Å². The number of fused-ring (bicyclic) bond motifs is 2. The van der Waals surface area contributed by atoms with E-state index in [0.29, 0.717) is 24.0 Å². The maximum absolute atomic E-state index is 12.8. The summed E-state index contributed by atoms with van der Waals surface area (Å²) in [4.78, 5) is 43.9. The number of carbonyl (C=O) groups excluding carboxylic acids is 3. The number of amides is 3. The van der Waals surface area contributed by atoms with E-state index in [1.807, 2.05) is 60.7 Å². The van der Waals surface area contributed by atoms with Crippen LogP contribution in [0, 0.1) is 0 Å². The third-order valence-corrected chi connectivity index (χ3v) is 6.64. The molecule has 1 aromatic heterocycles. The minimum atomic E-state index is -0.420. The molecule has 0 bridgehead atoms. The highest BCUT2D eigenvalue weighted by molar-refractivity contribution is 7.80. The predicted octanol–water partition coefficient (Wildman–Crippen LogP) is 3.64. The van der Waals surface area contributed by atoms with Crippen LogP contribution in [0.1, 0.15) is 43.2 Å². The van der Waals surface area contributed by atoms with Crippen LogP contribution in [0.25, 0.3) is 10.8 Å². The number of imide groups is 1. The molecule has 3 N–H and O–H groups in total. The summed E-state index contributed by atoms with van der Waals surface area (Å²) in [5.74, 6) is -1.00. The van der Waals surface area contributed by atoms with Gasteiger partial charge in [-0.15, -0.1) is 0 Å². The van der Waals surface area contributed by atoms with Gasteiger partial charge in [0.25, 0.3) is 17.7 Å². The van der Waals surface area contributed by atoms with Gasteiger partial charge in [-0.1, -0.05) is 66.7 Å². The van der Waals surface area contributed by atoms with E-state index in [2.05, 4.69) is 21.2 Å². The predicted molar refractivity (Wildman–Crippen MR) is 148 cm³/mol. The normalized spacial score (nSPS) is 13.2. The number of aromatic nitrogens is 1. The fraction of sp³-hybridized carbons (Fsp3) is 0.138. The van der Waals surface area contributed by atoms with Crippen LogP contribution < -0.4 is 16.2 Å². The van der Waals surface area contributed by atoms with Gasteiger partial charge in [0.1, 0.15) is 5.69 Å². The van der Waals surface area contributed by atoms with Gasteiger partial charge in [-0.25, -0.2) is 0 Å². The van der Waals surface area contributed by atoms with Crippen molar-refractivity contribution < 1.29 is 14.4 Å². The molecule has 3 amide bonds. The standard InChI is InChI=1S/C29H25N5O3S/c35-26(25-22-11-5-4-10-20(22)14-16-30-25)32-33-29(38)31-21(18-19-8-2-1-3-9-19)15-17-34-27(36)23-12-6-7-13-24(23)28(34)37/h1-14,16,21H,15,17-18H2,(H,32,35)(H2,31,33,38)/t21-/m1/s1. The Morgan fingerprint density at radius 3 is 2.24 bits per heavy atom. The Hall–Kier alpha value is -4.63. The summed E-state index contributed by atoms with van der Waals surface area (Å²) in [6.07, 6.45) is 2.65. The van der Waals surface area contributed by atoms with Crippen LogP contribution in [0.3, 0.4) is 0 Å². The van der Waals surface area contributed by atoms with Gasteiger partial charge in [-0.05, 0) is 54.2 Å². The molecular weight excluding hydrogens is 498 g/mol. The molecule has 190 valence electrons. The molecule has 0 saturated heterocycles. The molecule has 38 heavy (non-hydrogen) atoms. The van der Waals surface area contributed by atoms with Gasteiger partial charge in [0.05, 0.1) is 11.1 Å². The van der Waals surface area contributed by atoms with Crippen molar-refractivity contribution in [2.75, 3.05) is 6.54 Å². The van der Waals surface area contributed by atoms with Crippen molar-refractivity contribution in [2.24, 2.45) is 0 Å². The van der Waals surface area contributed by atoms with E-state index in [1.54, 1.807) is 30.5 Å². The van der Waals surface area contributed by atoms with Crippen LogP contribution in [0.2, 0.25) is 0 Å². The van der Waals surface area contributed by atoms with Crippen LogP contribution in [0.15, 0.2) is 91.1 Å². The van der Waals surface area contributed by atoms with Gasteiger partial charge in [0.15, 0.2) is 5.11 Å². The monoisotopic (exact) mass is 523 g/mol. The minimum absolute atomic E-state index is 0.210. The molecule has 0 saturated carbocycles. The fourth-order valence-corrected chi connectivity index (χ4v) is 4.76. The first-order chi connectivity index (χ1) is 18.5. The number of hydrazine groups is 1. The van der Waals surface area contributed by atoms with Crippen molar-refractivity contribution in [3.8, 4) is 0 Å². The lowest BCUT2D eigenvalue weighted by atomic mass is 10.0. The Balaban J connectivity index is 1.23. The maximum Gasteiger partial charge on any atom is 0.288 e. The summed E-state index contributed by atoms with van der Waals surface area (Å²) in [5, 5.41) is 5.07. The summed E-state index contributed by atoms with van der Waals surface area (Å²) in [5.41, 5.74) is 7.56. The SMILES string of the molecule is O=C(NNC(=S)N[C@H](CCN1C(=O)c2ccccc2C1=O)Cc1ccccc1)c1nccc2ccccc12. The lowest BCUT2D eigenvalue weighted by molar-refractivity contribution is 0.0648. The quantitative estimate of drug-likeness (QED) is 0.193. The zero-order valence-corrected chi connectivity index (χ0v) is 21.2. The van der Waals surface area contributed by atoms with Crippen LogP contribution >= 0.6 is 12.2 Å². The maximum atomic E-state index is 12.8. The van der Waals surface area contributed by atoms with Gasteiger partial charge >= 0.3 is 0 Å². The van der Waals surface area contributed by atoms with Gasteiger partial charge in [-0.2, -0.15) is 0 Å².